The Morgan fingerprint density at radius 1 is 1.23 bits per heavy atom. The zero-order valence-electron chi connectivity index (χ0n) is 12.2. The minimum absolute atomic E-state index is 0.410. The van der Waals surface area contributed by atoms with E-state index in [-0.39, 0.29) is 0 Å². The van der Waals surface area contributed by atoms with E-state index in [9.17, 15) is 4.79 Å². The molecule has 0 aliphatic rings. The van der Waals surface area contributed by atoms with Gasteiger partial charge in [-0.15, -0.1) is 0 Å². The molecule has 1 aromatic heterocycles. The van der Waals surface area contributed by atoms with Crippen molar-refractivity contribution < 1.29 is 9.90 Å². The number of aromatic amines is 1. The number of rotatable bonds is 4. The van der Waals surface area contributed by atoms with Gasteiger partial charge in [-0.2, -0.15) is 0 Å². The number of hydrogen-bond acceptors (Lipinski definition) is 2. The Morgan fingerprint density at radius 3 is 2.64 bits per heavy atom. The van der Waals surface area contributed by atoms with Crippen LogP contribution in [-0.2, 0) is 6.42 Å². The Hall–Kier alpha value is -2.82. The van der Waals surface area contributed by atoms with Crippen LogP contribution in [0.5, 0.6) is 0 Å². The standard InChI is InChI=1S/C17H17N3O2/c1-11-6-8-12(9-7-11)10-15(20-17(21)22)16-18-13-4-2-3-5-14(13)19-16/h2-9,15,20H,10H2,1H3,(H,18,19)(H,21,22). The second-order valence-electron chi connectivity index (χ2n) is 5.33. The molecule has 1 heterocycles. The molecule has 0 aliphatic heterocycles. The Kier molecular flexibility index (Phi) is 3.78. The van der Waals surface area contributed by atoms with Crippen LogP contribution in [0.25, 0.3) is 11.0 Å². The first-order valence-electron chi connectivity index (χ1n) is 7.11. The molecule has 1 amide bonds. The first-order valence-corrected chi connectivity index (χ1v) is 7.11. The van der Waals surface area contributed by atoms with Crippen molar-refractivity contribution in [3.63, 3.8) is 0 Å². The third-order valence-electron chi connectivity index (χ3n) is 3.60. The minimum atomic E-state index is -1.06. The Bertz CT molecular complexity index is 760. The minimum Gasteiger partial charge on any atom is -0.465 e. The monoisotopic (exact) mass is 295 g/mol. The molecule has 5 nitrogen and oxygen atoms in total. The van der Waals surface area contributed by atoms with Crippen LogP contribution in [-0.4, -0.2) is 21.2 Å². The maximum Gasteiger partial charge on any atom is 0.405 e. The van der Waals surface area contributed by atoms with Gasteiger partial charge in [-0.25, -0.2) is 9.78 Å². The number of amides is 1. The quantitative estimate of drug-likeness (QED) is 0.690. The highest BCUT2D eigenvalue weighted by atomic mass is 16.4. The summed E-state index contributed by atoms with van der Waals surface area (Å²) >= 11 is 0. The fourth-order valence-corrected chi connectivity index (χ4v) is 2.46. The van der Waals surface area contributed by atoms with Crippen molar-refractivity contribution in [2.24, 2.45) is 0 Å². The van der Waals surface area contributed by atoms with Crippen LogP contribution < -0.4 is 5.32 Å². The number of aromatic nitrogens is 2. The van der Waals surface area contributed by atoms with Gasteiger partial charge in [0.1, 0.15) is 5.82 Å². The topological polar surface area (TPSA) is 78.0 Å². The van der Waals surface area contributed by atoms with E-state index >= 15 is 0 Å². The molecular weight excluding hydrogens is 278 g/mol. The molecule has 2 aromatic carbocycles. The summed E-state index contributed by atoms with van der Waals surface area (Å²) in [5.41, 5.74) is 3.97. The van der Waals surface area contributed by atoms with Crippen LogP contribution in [0.3, 0.4) is 0 Å². The van der Waals surface area contributed by atoms with Crippen LogP contribution in [0.4, 0.5) is 4.79 Å². The van der Waals surface area contributed by atoms with Crippen molar-refractivity contribution in [3.8, 4) is 0 Å². The first-order chi connectivity index (χ1) is 10.6. The number of fused-ring (bicyclic) bond motifs is 1. The normalized spacial score (nSPS) is 12.2. The van der Waals surface area contributed by atoms with Gasteiger partial charge in [0.15, 0.2) is 0 Å². The smallest absolute Gasteiger partial charge is 0.405 e. The number of aryl methyl sites for hydroxylation is 1. The van der Waals surface area contributed by atoms with Crippen LogP contribution in [0.1, 0.15) is 23.0 Å². The molecule has 0 spiro atoms. The molecule has 0 fully saturated rings. The van der Waals surface area contributed by atoms with Gasteiger partial charge in [-0.1, -0.05) is 42.0 Å². The Morgan fingerprint density at radius 2 is 1.95 bits per heavy atom. The van der Waals surface area contributed by atoms with Gasteiger partial charge in [0.2, 0.25) is 0 Å². The van der Waals surface area contributed by atoms with Gasteiger partial charge >= 0.3 is 6.09 Å². The van der Waals surface area contributed by atoms with E-state index in [4.69, 9.17) is 5.11 Å². The van der Waals surface area contributed by atoms with Crippen LogP contribution in [0, 0.1) is 6.92 Å². The van der Waals surface area contributed by atoms with E-state index in [2.05, 4.69) is 15.3 Å². The molecule has 0 saturated carbocycles. The largest absolute Gasteiger partial charge is 0.465 e. The summed E-state index contributed by atoms with van der Waals surface area (Å²) in [7, 11) is 0. The molecule has 0 radical (unpaired) electrons. The lowest BCUT2D eigenvalue weighted by atomic mass is 10.0. The highest BCUT2D eigenvalue weighted by Gasteiger charge is 2.18. The van der Waals surface area contributed by atoms with Crippen molar-refractivity contribution in [1.29, 1.82) is 0 Å². The number of nitrogens with one attached hydrogen (secondary N) is 2. The van der Waals surface area contributed by atoms with Crippen molar-refractivity contribution in [2.45, 2.75) is 19.4 Å². The molecule has 3 rings (SSSR count). The summed E-state index contributed by atoms with van der Waals surface area (Å²) in [5, 5.41) is 11.6. The van der Waals surface area contributed by atoms with E-state index in [1.165, 1.54) is 5.56 Å². The van der Waals surface area contributed by atoms with Gasteiger partial charge in [0.25, 0.3) is 0 Å². The zero-order valence-corrected chi connectivity index (χ0v) is 12.2. The van der Waals surface area contributed by atoms with Crippen LogP contribution >= 0.6 is 0 Å². The molecule has 1 unspecified atom stereocenters. The van der Waals surface area contributed by atoms with Gasteiger partial charge < -0.3 is 15.4 Å². The van der Waals surface area contributed by atoms with Crippen molar-refractivity contribution in [2.75, 3.05) is 0 Å². The average molecular weight is 295 g/mol. The molecule has 3 N–H and O–H groups in total. The SMILES string of the molecule is Cc1ccc(CC(NC(=O)O)c2nc3ccccc3[nH]2)cc1. The molecule has 0 bridgehead atoms. The number of nitrogens with zero attached hydrogens (tertiary/aromatic N) is 1. The lowest BCUT2D eigenvalue weighted by Gasteiger charge is -2.14. The molecule has 112 valence electrons. The third-order valence-corrected chi connectivity index (χ3v) is 3.60. The summed E-state index contributed by atoms with van der Waals surface area (Å²) in [6.45, 7) is 2.02. The lowest BCUT2D eigenvalue weighted by Crippen LogP contribution is -2.29. The number of carbonyl (C=O) groups is 1. The maximum atomic E-state index is 11.1. The second-order valence-corrected chi connectivity index (χ2v) is 5.33. The summed E-state index contributed by atoms with van der Waals surface area (Å²) in [6.07, 6.45) is -0.510. The van der Waals surface area contributed by atoms with Crippen molar-refractivity contribution in [3.05, 3.63) is 65.5 Å². The fourth-order valence-electron chi connectivity index (χ4n) is 2.46. The van der Waals surface area contributed by atoms with Gasteiger partial charge in [0, 0.05) is 6.42 Å². The molecule has 5 heteroatoms. The molecule has 1 atom stereocenters. The Balaban J connectivity index is 1.91. The van der Waals surface area contributed by atoms with E-state index in [1.807, 2.05) is 55.5 Å². The summed E-state index contributed by atoms with van der Waals surface area (Å²) in [4.78, 5) is 18.8. The van der Waals surface area contributed by atoms with Crippen LogP contribution in [0.15, 0.2) is 48.5 Å². The predicted molar refractivity (Wildman–Crippen MR) is 84.9 cm³/mol. The number of imidazole rings is 1. The second kappa shape index (κ2) is 5.89. The summed E-state index contributed by atoms with van der Waals surface area (Å²) in [6, 6.07) is 15.3. The average Bonchev–Trinajstić information content (AvgIpc) is 2.92. The van der Waals surface area contributed by atoms with E-state index < -0.39 is 12.1 Å². The van der Waals surface area contributed by atoms with Crippen molar-refractivity contribution >= 4 is 17.1 Å². The van der Waals surface area contributed by atoms with Crippen molar-refractivity contribution in [1.82, 2.24) is 15.3 Å². The highest BCUT2D eigenvalue weighted by molar-refractivity contribution is 5.75. The third kappa shape index (κ3) is 3.09. The number of para-hydroxylation sites is 2. The number of benzene rings is 2. The Labute approximate surface area is 128 Å². The molecule has 3 aromatic rings. The van der Waals surface area contributed by atoms with E-state index in [0.717, 1.165) is 16.6 Å². The summed E-state index contributed by atoms with van der Waals surface area (Å²) in [5.74, 6) is 0.629. The lowest BCUT2D eigenvalue weighted by molar-refractivity contribution is 0.189. The van der Waals surface area contributed by atoms with E-state index in [0.29, 0.717) is 12.2 Å². The molecule has 22 heavy (non-hydrogen) atoms. The fraction of sp³-hybridized carbons (Fsp3) is 0.176. The van der Waals surface area contributed by atoms with E-state index in [1.54, 1.807) is 0 Å². The van der Waals surface area contributed by atoms with Crippen LogP contribution in [0.2, 0.25) is 0 Å². The maximum absolute atomic E-state index is 11.1. The number of carboxylic acid groups (broad SMARTS) is 1. The molecule has 0 aliphatic carbocycles. The first kappa shape index (κ1) is 14.1. The van der Waals surface area contributed by atoms with Gasteiger partial charge in [-0.05, 0) is 24.6 Å². The number of H-pyrrole nitrogens is 1. The molecule has 0 saturated heterocycles. The summed E-state index contributed by atoms with van der Waals surface area (Å²) < 4.78 is 0. The van der Waals surface area contributed by atoms with Gasteiger partial charge in [0.05, 0.1) is 17.1 Å². The molecular formula is C17H17N3O2. The predicted octanol–water partition coefficient (Wildman–Crippen LogP) is 3.42. The number of hydrogen-bond donors (Lipinski definition) is 3. The zero-order chi connectivity index (χ0) is 15.5. The van der Waals surface area contributed by atoms with Gasteiger partial charge in [-0.3, -0.25) is 0 Å². The highest BCUT2D eigenvalue weighted by Crippen LogP contribution is 2.20.